The molecule has 0 saturated heterocycles. The van der Waals surface area contributed by atoms with Gasteiger partial charge in [-0.2, -0.15) is 0 Å². The summed E-state index contributed by atoms with van der Waals surface area (Å²) in [6.07, 6.45) is 2.49. The Morgan fingerprint density at radius 1 is 0.518 bits per heavy atom. The molecule has 3 aromatic heterocycles. The largest absolute Gasteiger partial charge is 0.291 e. The smallest absolute Gasteiger partial charge is 0.156 e. The molecule has 2 unspecified atom stereocenters. The van der Waals surface area contributed by atoms with Crippen molar-refractivity contribution in [2.75, 3.05) is 0 Å². The van der Waals surface area contributed by atoms with Crippen molar-refractivity contribution in [3.8, 4) is 33.5 Å². The van der Waals surface area contributed by atoms with Gasteiger partial charge in [0.1, 0.15) is 0 Å². The number of hydrogen-bond donors (Lipinski definition) is 0. The molecule has 11 aromatic rings. The van der Waals surface area contributed by atoms with Crippen molar-refractivity contribution in [1.29, 1.82) is 0 Å². The van der Waals surface area contributed by atoms with Crippen molar-refractivity contribution >= 4 is 80.5 Å². The van der Waals surface area contributed by atoms with Gasteiger partial charge in [-0.15, -0.1) is 11.3 Å². The molecule has 12 rings (SSSR count). The molecular weight excluding hydrogens is 697 g/mol. The van der Waals surface area contributed by atoms with Crippen LogP contribution in [0.1, 0.15) is 49.7 Å². The van der Waals surface area contributed by atoms with Gasteiger partial charge in [-0.25, -0.2) is 4.98 Å². The first-order valence-corrected chi connectivity index (χ1v) is 20.7. The van der Waals surface area contributed by atoms with E-state index in [0.717, 1.165) is 22.4 Å². The van der Waals surface area contributed by atoms with Gasteiger partial charge < -0.3 is 0 Å². The van der Waals surface area contributed by atoms with Crippen LogP contribution in [-0.4, -0.2) is 9.38 Å². The summed E-state index contributed by atoms with van der Waals surface area (Å²) in [5, 5.41) is 10.3. The fourth-order valence-corrected chi connectivity index (χ4v) is 11.1. The molecule has 0 radical (unpaired) electrons. The summed E-state index contributed by atoms with van der Waals surface area (Å²) in [6, 6.07) is 58.7. The van der Waals surface area contributed by atoms with Gasteiger partial charge in [-0.05, 0) is 115 Å². The van der Waals surface area contributed by atoms with Gasteiger partial charge in [-0.3, -0.25) is 4.40 Å². The van der Waals surface area contributed by atoms with Crippen LogP contribution < -0.4 is 0 Å². The molecule has 8 aromatic carbocycles. The second-order valence-corrected chi connectivity index (χ2v) is 17.0. The average molecular weight is 735 g/mol. The number of hydrogen-bond acceptors (Lipinski definition) is 2. The highest BCUT2D eigenvalue weighted by Gasteiger charge is 2.26. The van der Waals surface area contributed by atoms with Crippen LogP contribution in [0.3, 0.4) is 0 Å². The van der Waals surface area contributed by atoms with Crippen LogP contribution in [-0.2, 0) is 0 Å². The Balaban J connectivity index is 1.10. The van der Waals surface area contributed by atoms with Crippen LogP contribution in [0.4, 0.5) is 0 Å². The van der Waals surface area contributed by atoms with Crippen LogP contribution in [0, 0.1) is 0 Å². The lowest BCUT2D eigenvalue weighted by Crippen LogP contribution is -2.11. The third-order valence-corrected chi connectivity index (χ3v) is 13.9. The molecule has 1 aliphatic rings. The second-order valence-electron chi connectivity index (χ2n) is 16.0. The van der Waals surface area contributed by atoms with E-state index in [1.54, 1.807) is 0 Å². The summed E-state index contributed by atoms with van der Waals surface area (Å²) in [6.45, 7) is 4.80. The molecule has 56 heavy (non-hydrogen) atoms. The molecule has 3 heterocycles. The predicted molar refractivity (Wildman–Crippen MR) is 240 cm³/mol. The zero-order valence-electron chi connectivity index (χ0n) is 31.4. The normalized spacial score (nSPS) is 15.9. The van der Waals surface area contributed by atoms with E-state index in [4.69, 9.17) is 4.98 Å². The monoisotopic (exact) mass is 734 g/mol. The van der Waals surface area contributed by atoms with Gasteiger partial charge in [0.25, 0.3) is 0 Å². The maximum atomic E-state index is 5.62. The summed E-state index contributed by atoms with van der Waals surface area (Å²) in [5.74, 6) is 1.13. The van der Waals surface area contributed by atoms with Gasteiger partial charge in [0.05, 0.1) is 21.4 Å². The highest BCUT2D eigenvalue weighted by atomic mass is 32.1. The molecule has 3 heteroatoms. The molecule has 0 bridgehead atoms. The fourth-order valence-electron chi connectivity index (χ4n) is 9.93. The lowest BCUT2D eigenvalue weighted by Gasteiger charge is -2.29. The Bertz CT molecular complexity index is 3390. The highest BCUT2D eigenvalue weighted by molar-refractivity contribution is 7.26. The molecule has 0 N–H and O–H groups in total. The number of fused-ring (bicyclic) bond motifs is 13. The Kier molecular flexibility index (Phi) is 6.92. The molecule has 1 aliphatic carbocycles. The summed E-state index contributed by atoms with van der Waals surface area (Å²) >= 11 is 1.87. The number of imidazole rings is 1. The highest BCUT2D eigenvalue weighted by Crippen LogP contribution is 2.46. The third kappa shape index (κ3) is 4.64. The Labute approximate surface area is 329 Å². The van der Waals surface area contributed by atoms with Crippen LogP contribution in [0.2, 0.25) is 0 Å². The SMILES string of the molecule is CC1CCC(C)c2c1ccc1c2ccc2c1nc1c3sc4cc5ccccc5cc4c3cc(-c3ccc(-c4ccc(-c5ccccc5)c5ccccc45)cc3)n21. The molecule has 2 nitrogen and oxygen atoms in total. The lowest BCUT2D eigenvalue weighted by atomic mass is 9.76. The van der Waals surface area contributed by atoms with Crippen LogP contribution >= 0.6 is 11.3 Å². The van der Waals surface area contributed by atoms with Gasteiger partial charge in [0.15, 0.2) is 5.65 Å². The predicted octanol–water partition coefficient (Wildman–Crippen LogP) is 15.3. The number of nitrogens with zero attached hydrogens (tertiary/aromatic N) is 2. The standard InChI is InChI=1S/C53H38N2S/c1-31-16-17-32(2)50-38(31)22-25-44-43(50)26-27-47-51(44)54-53-52-46(45-28-36-12-6-7-13-37(36)29-49(45)56-52)30-48(55(47)53)35-20-18-34(19-21-35)40-24-23-39(33-10-4-3-5-11-33)41-14-8-9-15-42(40)41/h3-15,18-32H,16-17H2,1-2H3. The minimum Gasteiger partial charge on any atom is -0.291 e. The van der Waals surface area contributed by atoms with Gasteiger partial charge in [0, 0.05) is 20.9 Å². The average Bonchev–Trinajstić information content (AvgIpc) is 3.82. The second kappa shape index (κ2) is 12.1. The number of thiophene rings is 1. The fraction of sp³-hybridized carbons (Fsp3) is 0.113. The molecule has 0 spiro atoms. The summed E-state index contributed by atoms with van der Waals surface area (Å²) in [7, 11) is 0. The first kappa shape index (κ1) is 32.0. The summed E-state index contributed by atoms with van der Waals surface area (Å²) in [5.41, 5.74) is 13.6. The van der Waals surface area contributed by atoms with Crippen molar-refractivity contribution in [1.82, 2.24) is 9.38 Å². The Hall–Kier alpha value is -6.29. The van der Waals surface area contributed by atoms with E-state index in [9.17, 15) is 0 Å². The Morgan fingerprint density at radius 3 is 1.93 bits per heavy atom. The van der Waals surface area contributed by atoms with Crippen molar-refractivity contribution < 1.29 is 0 Å². The van der Waals surface area contributed by atoms with E-state index in [0.29, 0.717) is 11.8 Å². The lowest BCUT2D eigenvalue weighted by molar-refractivity contribution is 0.531. The zero-order valence-corrected chi connectivity index (χ0v) is 32.2. The van der Waals surface area contributed by atoms with Crippen molar-refractivity contribution in [2.45, 2.75) is 38.5 Å². The molecule has 2 atom stereocenters. The van der Waals surface area contributed by atoms with Crippen LogP contribution in [0.5, 0.6) is 0 Å². The van der Waals surface area contributed by atoms with E-state index in [-0.39, 0.29) is 0 Å². The van der Waals surface area contributed by atoms with E-state index in [2.05, 4.69) is 176 Å². The van der Waals surface area contributed by atoms with Crippen molar-refractivity contribution in [3.63, 3.8) is 0 Å². The van der Waals surface area contributed by atoms with Gasteiger partial charge in [0.2, 0.25) is 0 Å². The minimum absolute atomic E-state index is 0.545. The molecular formula is C53H38N2S. The van der Waals surface area contributed by atoms with Crippen LogP contribution in [0.25, 0.3) is 103 Å². The van der Waals surface area contributed by atoms with Gasteiger partial charge >= 0.3 is 0 Å². The maximum absolute atomic E-state index is 5.62. The third-order valence-electron chi connectivity index (χ3n) is 12.8. The zero-order chi connectivity index (χ0) is 37.1. The minimum atomic E-state index is 0.545. The summed E-state index contributed by atoms with van der Waals surface area (Å²) < 4.78 is 4.98. The summed E-state index contributed by atoms with van der Waals surface area (Å²) in [4.78, 5) is 5.62. The number of benzene rings is 8. The van der Waals surface area contributed by atoms with E-state index < -0.39 is 0 Å². The molecule has 0 fully saturated rings. The van der Waals surface area contributed by atoms with Crippen molar-refractivity contribution in [2.24, 2.45) is 0 Å². The molecule has 0 aliphatic heterocycles. The van der Waals surface area contributed by atoms with E-state index >= 15 is 0 Å². The Morgan fingerprint density at radius 2 is 1.16 bits per heavy atom. The van der Waals surface area contributed by atoms with Gasteiger partial charge in [-0.1, -0.05) is 147 Å². The molecule has 266 valence electrons. The maximum Gasteiger partial charge on any atom is 0.156 e. The molecule has 0 amide bonds. The quantitative estimate of drug-likeness (QED) is 0.177. The number of aromatic nitrogens is 2. The first-order valence-electron chi connectivity index (χ1n) is 19.9. The first-order chi connectivity index (χ1) is 27.6. The number of pyridine rings is 1. The number of rotatable bonds is 3. The van der Waals surface area contributed by atoms with Crippen LogP contribution in [0.15, 0.2) is 158 Å². The van der Waals surface area contributed by atoms with Crippen molar-refractivity contribution in [3.05, 3.63) is 169 Å². The topological polar surface area (TPSA) is 17.3 Å². The van der Waals surface area contributed by atoms with E-state index in [1.165, 1.54) is 104 Å². The molecule has 0 saturated carbocycles. The van der Waals surface area contributed by atoms with E-state index in [1.807, 2.05) is 11.3 Å².